The van der Waals surface area contributed by atoms with Gasteiger partial charge in [0.05, 0.1) is 16.1 Å². The topological polar surface area (TPSA) is 91.4 Å². The molecule has 0 saturated carbocycles. The number of halogens is 1. The summed E-state index contributed by atoms with van der Waals surface area (Å²) in [5.41, 5.74) is 0.497. The van der Waals surface area contributed by atoms with E-state index >= 15 is 0 Å². The molecule has 0 spiro atoms. The number of hydrogen-bond donors (Lipinski definition) is 2. The molecule has 0 radical (unpaired) electrons. The molecule has 0 fully saturated rings. The van der Waals surface area contributed by atoms with Gasteiger partial charge in [-0.25, -0.2) is 17.8 Å². The second-order valence-corrected chi connectivity index (χ2v) is 8.56. The van der Waals surface area contributed by atoms with Crippen LogP contribution in [0.5, 0.6) is 0 Å². The van der Waals surface area contributed by atoms with Crippen LogP contribution in [0.4, 0.5) is 20.9 Å². The van der Waals surface area contributed by atoms with Crippen molar-refractivity contribution in [1.82, 2.24) is 4.98 Å². The lowest BCUT2D eigenvalue weighted by Crippen LogP contribution is -2.19. The Hall–Kier alpha value is -2.98. The predicted octanol–water partition coefficient (Wildman–Crippen LogP) is 3.40. The van der Waals surface area contributed by atoms with Crippen molar-refractivity contribution in [3.05, 3.63) is 65.4 Å². The summed E-state index contributed by atoms with van der Waals surface area (Å²) in [6, 6.07) is 9.53. The first-order chi connectivity index (χ1) is 13.3. The van der Waals surface area contributed by atoms with Gasteiger partial charge in [-0.3, -0.25) is 14.8 Å². The minimum atomic E-state index is -4.04. The van der Waals surface area contributed by atoms with Crippen molar-refractivity contribution in [1.29, 1.82) is 0 Å². The molecule has 0 aliphatic heterocycles. The lowest BCUT2D eigenvalue weighted by atomic mass is 10.1. The molecule has 2 aromatic carbocycles. The summed E-state index contributed by atoms with van der Waals surface area (Å²) in [4.78, 5) is 18.2. The van der Waals surface area contributed by atoms with E-state index in [2.05, 4.69) is 15.0 Å². The molecule has 0 saturated heterocycles. The highest BCUT2D eigenvalue weighted by molar-refractivity contribution is 7.92. The monoisotopic (exact) mass is 420 g/mol. The summed E-state index contributed by atoms with van der Waals surface area (Å²) in [6.07, 6.45) is 1.52. The fourth-order valence-corrected chi connectivity index (χ4v) is 4.01. The molecule has 0 aliphatic rings. The Kier molecular flexibility index (Phi) is 5.61. The number of nitrogens with zero attached hydrogens (tertiary/aromatic N) is 2. The maximum Gasteiger partial charge on any atom is 0.261 e. The largest absolute Gasteiger partial charge is 0.378 e. The quantitative estimate of drug-likeness (QED) is 0.638. The first kappa shape index (κ1) is 19.8. The Balaban J connectivity index is 1.94. The third-order valence-electron chi connectivity index (χ3n) is 3.77. The summed E-state index contributed by atoms with van der Waals surface area (Å²) >= 11 is 1.21. The number of carbonyl (C=O) groups excluding carboxylic acids is 1. The van der Waals surface area contributed by atoms with E-state index in [-0.39, 0.29) is 16.1 Å². The van der Waals surface area contributed by atoms with Crippen LogP contribution >= 0.6 is 11.3 Å². The number of thiazole rings is 1. The average Bonchev–Trinajstić information content (AvgIpc) is 3.14. The highest BCUT2D eigenvalue weighted by atomic mass is 32.2. The van der Waals surface area contributed by atoms with Crippen LogP contribution in [0.15, 0.2) is 58.9 Å². The smallest absolute Gasteiger partial charge is 0.261 e. The normalized spacial score (nSPS) is 11.1. The lowest BCUT2D eigenvalue weighted by Gasteiger charge is -2.15. The first-order valence-corrected chi connectivity index (χ1v) is 10.4. The maximum absolute atomic E-state index is 13.8. The summed E-state index contributed by atoms with van der Waals surface area (Å²) < 4.78 is 41.6. The lowest BCUT2D eigenvalue weighted by molar-refractivity contribution is 0.102. The van der Waals surface area contributed by atoms with E-state index in [0.29, 0.717) is 10.8 Å². The predicted molar refractivity (Wildman–Crippen MR) is 108 cm³/mol. The van der Waals surface area contributed by atoms with E-state index in [9.17, 15) is 17.6 Å². The van der Waals surface area contributed by atoms with E-state index < -0.39 is 21.7 Å². The van der Waals surface area contributed by atoms with Gasteiger partial charge in [0.1, 0.15) is 5.82 Å². The molecular formula is C18H17FN4O3S2. The second-order valence-electron chi connectivity index (χ2n) is 5.98. The number of nitrogens with one attached hydrogen (secondary N) is 2. The summed E-state index contributed by atoms with van der Waals surface area (Å²) in [6.45, 7) is 0. The molecule has 0 aliphatic carbocycles. The highest BCUT2D eigenvalue weighted by Gasteiger charge is 2.20. The fourth-order valence-electron chi connectivity index (χ4n) is 2.38. The van der Waals surface area contributed by atoms with Crippen molar-refractivity contribution < 1.29 is 17.6 Å². The van der Waals surface area contributed by atoms with Crippen LogP contribution in [0.2, 0.25) is 0 Å². The SMILES string of the molecule is CN(C)c1cccc(S(=O)(=O)Nc2cc(F)ccc2C(=O)Nc2nccs2)c1. The molecule has 2 N–H and O–H groups in total. The molecule has 3 rings (SSSR count). The van der Waals surface area contributed by atoms with Crippen LogP contribution in [-0.4, -0.2) is 33.4 Å². The standard InChI is InChI=1S/C18H17FN4O3S2/c1-23(2)13-4-3-5-14(11-13)28(25,26)22-16-10-12(19)6-7-15(16)17(24)21-18-20-8-9-27-18/h3-11,22H,1-2H3,(H,20,21,24). The average molecular weight is 420 g/mol. The van der Waals surface area contributed by atoms with Gasteiger partial charge < -0.3 is 4.90 Å². The number of anilines is 3. The molecule has 0 bridgehead atoms. The number of hydrogen-bond acceptors (Lipinski definition) is 6. The summed E-state index contributed by atoms with van der Waals surface area (Å²) in [5, 5.41) is 4.58. The molecule has 1 heterocycles. The number of benzene rings is 2. The molecular weight excluding hydrogens is 403 g/mol. The maximum atomic E-state index is 13.8. The fraction of sp³-hybridized carbons (Fsp3) is 0.111. The number of amides is 1. The Morgan fingerprint density at radius 3 is 2.64 bits per heavy atom. The Morgan fingerprint density at radius 2 is 1.96 bits per heavy atom. The van der Waals surface area contributed by atoms with Gasteiger partial charge in [0.25, 0.3) is 15.9 Å². The zero-order valence-corrected chi connectivity index (χ0v) is 16.6. The summed E-state index contributed by atoms with van der Waals surface area (Å²) in [5.74, 6) is -1.28. The Bertz CT molecular complexity index is 1100. The molecule has 0 unspecified atom stereocenters. The number of carbonyl (C=O) groups is 1. The van der Waals surface area contributed by atoms with Crippen LogP contribution in [-0.2, 0) is 10.0 Å². The van der Waals surface area contributed by atoms with E-state index in [1.165, 1.54) is 35.7 Å². The first-order valence-electron chi connectivity index (χ1n) is 8.07. The van der Waals surface area contributed by atoms with Gasteiger partial charge in [0.2, 0.25) is 0 Å². The molecule has 28 heavy (non-hydrogen) atoms. The molecule has 7 nitrogen and oxygen atoms in total. The summed E-state index contributed by atoms with van der Waals surface area (Å²) in [7, 11) is -0.471. The van der Waals surface area contributed by atoms with E-state index in [0.717, 1.165) is 12.1 Å². The molecule has 10 heteroatoms. The van der Waals surface area contributed by atoms with E-state index in [1.807, 2.05) is 0 Å². The van der Waals surface area contributed by atoms with Gasteiger partial charge in [-0.15, -0.1) is 11.3 Å². The van der Waals surface area contributed by atoms with Gasteiger partial charge in [-0.2, -0.15) is 0 Å². The minimum Gasteiger partial charge on any atom is -0.378 e. The zero-order valence-electron chi connectivity index (χ0n) is 15.0. The van der Waals surface area contributed by atoms with Crippen LogP contribution in [0.25, 0.3) is 0 Å². The number of rotatable bonds is 6. The molecule has 146 valence electrons. The third kappa shape index (κ3) is 4.46. The second kappa shape index (κ2) is 7.95. The van der Waals surface area contributed by atoms with Crippen molar-refractivity contribution in [2.24, 2.45) is 0 Å². The van der Waals surface area contributed by atoms with Gasteiger partial charge >= 0.3 is 0 Å². The van der Waals surface area contributed by atoms with Gasteiger partial charge in [-0.1, -0.05) is 6.07 Å². The van der Waals surface area contributed by atoms with Crippen LogP contribution in [0.1, 0.15) is 10.4 Å². The van der Waals surface area contributed by atoms with Crippen molar-refractivity contribution in [3.8, 4) is 0 Å². The van der Waals surface area contributed by atoms with Crippen LogP contribution in [0, 0.1) is 5.82 Å². The van der Waals surface area contributed by atoms with Crippen LogP contribution < -0.4 is 14.9 Å². The van der Waals surface area contributed by atoms with Crippen LogP contribution in [0.3, 0.4) is 0 Å². The molecule has 0 atom stereocenters. The van der Waals surface area contributed by atoms with Crippen molar-refractivity contribution >= 4 is 43.8 Å². The van der Waals surface area contributed by atoms with E-state index in [4.69, 9.17) is 0 Å². The van der Waals surface area contributed by atoms with Gasteiger partial charge in [0.15, 0.2) is 5.13 Å². The highest BCUT2D eigenvalue weighted by Crippen LogP contribution is 2.25. The van der Waals surface area contributed by atoms with Crippen molar-refractivity contribution in [3.63, 3.8) is 0 Å². The van der Waals surface area contributed by atoms with Crippen molar-refractivity contribution in [2.45, 2.75) is 4.90 Å². The third-order valence-corrected chi connectivity index (χ3v) is 5.82. The Labute approximate surface area is 165 Å². The number of aromatic nitrogens is 1. The molecule has 1 amide bonds. The minimum absolute atomic E-state index is 0.00533. The molecule has 1 aromatic heterocycles. The van der Waals surface area contributed by atoms with Gasteiger partial charge in [-0.05, 0) is 36.4 Å². The number of sulfonamides is 1. The van der Waals surface area contributed by atoms with Crippen molar-refractivity contribution in [2.75, 3.05) is 29.0 Å². The molecule has 3 aromatic rings. The van der Waals surface area contributed by atoms with E-state index in [1.54, 1.807) is 36.5 Å². The zero-order chi connectivity index (χ0) is 20.3. The van der Waals surface area contributed by atoms with Gasteiger partial charge in [0, 0.05) is 31.4 Å². The Morgan fingerprint density at radius 1 is 1.18 bits per heavy atom.